The summed E-state index contributed by atoms with van der Waals surface area (Å²) in [7, 11) is 1.45. The highest BCUT2D eigenvalue weighted by Gasteiger charge is 2.46. The fourth-order valence-electron chi connectivity index (χ4n) is 2.54. The second-order valence-corrected chi connectivity index (χ2v) is 4.93. The molecule has 1 N–H and O–H groups in total. The van der Waals surface area contributed by atoms with E-state index in [9.17, 15) is 4.79 Å². The molecule has 2 unspecified atom stereocenters. The molecule has 0 saturated heterocycles. The predicted octanol–water partition coefficient (Wildman–Crippen LogP) is 1.50. The lowest BCUT2D eigenvalue weighted by atomic mass is 9.97. The van der Waals surface area contributed by atoms with Crippen LogP contribution in [0.5, 0.6) is 0 Å². The topological polar surface area (TPSA) is 56.8 Å². The minimum Gasteiger partial charge on any atom is -0.468 e. The molecule has 1 aliphatic rings. The zero-order chi connectivity index (χ0) is 14.1. The first kappa shape index (κ1) is 16.4. The standard InChI is InChI=1S/C14H27NO4/c1-4-8-15-14(13(16)17-3)7-6-12(11-14)19-10-9-18-5-2/h12,15H,4-11H2,1-3H3. The molecule has 0 aromatic heterocycles. The van der Waals surface area contributed by atoms with Gasteiger partial charge in [0.05, 0.1) is 26.4 Å². The Morgan fingerprint density at radius 1 is 1.37 bits per heavy atom. The normalized spacial score (nSPS) is 26.6. The highest BCUT2D eigenvalue weighted by Crippen LogP contribution is 2.33. The van der Waals surface area contributed by atoms with E-state index in [4.69, 9.17) is 14.2 Å². The maximum Gasteiger partial charge on any atom is 0.326 e. The van der Waals surface area contributed by atoms with E-state index in [2.05, 4.69) is 12.2 Å². The summed E-state index contributed by atoms with van der Waals surface area (Å²) in [4.78, 5) is 12.0. The number of hydrogen-bond donors (Lipinski definition) is 1. The Kier molecular flexibility index (Phi) is 7.34. The summed E-state index contributed by atoms with van der Waals surface area (Å²) in [5.74, 6) is -0.170. The molecule has 0 bridgehead atoms. The zero-order valence-electron chi connectivity index (χ0n) is 12.4. The highest BCUT2D eigenvalue weighted by atomic mass is 16.5. The number of carbonyl (C=O) groups is 1. The molecule has 0 heterocycles. The fourth-order valence-corrected chi connectivity index (χ4v) is 2.54. The van der Waals surface area contributed by atoms with Gasteiger partial charge in [-0.3, -0.25) is 4.79 Å². The van der Waals surface area contributed by atoms with Crippen LogP contribution in [-0.4, -0.2) is 51.1 Å². The highest BCUT2D eigenvalue weighted by molar-refractivity contribution is 5.81. The molecule has 0 amide bonds. The first-order chi connectivity index (χ1) is 9.18. The molecule has 1 rings (SSSR count). The molecule has 0 aromatic rings. The molecule has 5 heteroatoms. The van der Waals surface area contributed by atoms with E-state index in [1.807, 2.05) is 6.92 Å². The first-order valence-electron chi connectivity index (χ1n) is 7.21. The largest absolute Gasteiger partial charge is 0.468 e. The molecular formula is C14H27NO4. The molecule has 0 aromatic carbocycles. The minimum absolute atomic E-state index is 0.115. The quantitative estimate of drug-likeness (QED) is 0.510. The Hall–Kier alpha value is -0.650. The lowest BCUT2D eigenvalue weighted by Crippen LogP contribution is -2.51. The van der Waals surface area contributed by atoms with Crippen LogP contribution in [-0.2, 0) is 19.0 Å². The van der Waals surface area contributed by atoms with E-state index >= 15 is 0 Å². The number of carbonyl (C=O) groups excluding carboxylic acids is 1. The Morgan fingerprint density at radius 3 is 2.79 bits per heavy atom. The third kappa shape index (κ3) is 4.75. The van der Waals surface area contributed by atoms with Crippen molar-refractivity contribution in [2.75, 3.05) is 33.5 Å². The number of rotatable bonds is 9. The summed E-state index contributed by atoms with van der Waals surface area (Å²) in [5, 5.41) is 3.34. The van der Waals surface area contributed by atoms with Crippen LogP contribution in [0.4, 0.5) is 0 Å². The molecule has 1 fully saturated rings. The third-order valence-electron chi connectivity index (χ3n) is 3.54. The summed E-state index contributed by atoms with van der Waals surface area (Å²) in [5.41, 5.74) is -0.555. The van der Waals surface area contributed by atoms with Crippen LogP contribution in [0.3, 0.4) is 0 Å². The molecule has 1 aliphatic carbocycles. The lowest BCUT2D eigenvalue weighted by Gasteiger charge is -2.27. The Balaban J connectivity index is 2.44. The molecule has 0 radical (unpaired) electrons. The van der Waals surface area contributed by atoms with E-state index in [0.29, 0.717) is 26.2 Å². The van der Waals surface area contributed by atoms with Crippen LogP contribution in [0.1, 0.15) is 39.5 Å². The maximum atomic E-state index is 12.0. The van der Waals surface area contributed by atoms with Crippen LogP contribution >= 0.6 is 0 Å². The number of ether oxygens (including phenoxy) is 3. The van der Waals surface area contributed by atoms with Crippen molar-refractivity contribution in [1.82, 2.24) is 5.32 Å². The Labute approximate surface area is 116 Å². The molecule has 5 nitrogen and oxygen atoms in total. The monoisotopic (exact) mass is 273 g/mol. The average molecular weight is 273 g/mol. The lowest BCUT2D eigenvalue weighted by molar-refractivity contribution is -0.149. The van der Waals surface area contributed by atoms with Gasteiger partial charge in [0.15, 0.2) is 0 Å². The van der Waals surface area contributed by atoms with Gasteiger partial charge in [-0.15, -0.1) is 0 Å². The number of nitrogens with one attached hydrogen (secondary N) is 1. The van der Waals surface area contributed by atoms with E-state index in [-0.39, 0.29) is 12.1 Å². The van der Waals surface area contributed by atoms with Crippen LogP contribution in [0.25, 0.3) is 0 Å². The van der Waals surface area contributed by atoms with Gasteiger partial charge in [0.2, 0.25) is 0 Å². The van der Waals surface area contributed by atoms with Crippen molar-refractivity contribution in [2.45, 2.75) is 51.2 Å². The van der Waals surface area contributed by atoms with Crippen molar-refractivity contribution in [3.05, 3.63) is 0 Å². The van der Waals surface area contributed by atoms with E-state index in [1.54, 1.807) is 0 Å². The molecule has 19 heavy (non-hydrogen) atoms. The summed E-state index contributed by atoms with van der Waals surface area (Å²) in [6.45, 7) is 6.78. The SMILES string of the molecule is CCCNC1(C(=O)OC)CCC(OCCOCC)C1. The molecule has 0 spiro atoms. The minimum atomic E-state index is -0.555. The smallest absolute Gasteiger partial charge is 0.326 e. The van der Waals surface area contributed by atoms with E-state index < -0.39 is 5.54 Å². The fraction of sp³-hybridized carbons (Fsp3) is 0.929. The molecular weight excluding hydrogens is 246 g/mol. The van der Waals surface area contributed by atoms with Gasteiger partial charge in [-0.05, 0) is 32.7 Å². The van der Waals surface area contributed by atoms with Crippen LogP contribution in [0.15, 0.2) is 0 Å². The molecule has 1 saturated carbocycles. The van der Waals surface area contributed by atoms with Gasteiger partial charge in [-0.2, -0.15) is 0 Å². The summed E-state index contributed by atoms with van der Waals surface area (Å²) in [6, 6.07) is 0. The van der Waals surface area contributed by atoms with Crippen molar-refractivity contribution in [2.24, 2.45) is 0 Å². The Bertz CT molecular complexity index is 272. The van der Waals surface area contributed by atoms with Crippen molar-refractivity contribution in [1.29, 1.82) is 0 Å². The van der Waals surface area contributed by atoms with Crippen LogP contribution in [0.2, 0.25) is 0 Å². The third-order valence-corrected chi connectivity index (χ3v) is 3.54. The van der Waals surface area contributed by atoms with Gasteiger partial charge in [0.25, 0.3) is 0 Å². The van der Waals surface area contributed by atoms with Crippen molar-refractivity contribution < 1.29 is 19.0 Å². The van der Waals surface area contributed by atoms with E-state index in [0.717, 1.165) is 25.8 Å². The van der Waals surface area contributed by atoms with Gasteiger partial charge >= 0.3 is 5.97 Å². The second-order valence-electron chi connectivity index (χ2n) is 4.93. The number of esters is 1. The van der Waals surface area contributed by atoms with Gasteiger partial charge in [0, 0.05) is 13.0 Å². The summed E-state index contributed by atoms with van der Waals surface area (Å²) >= 11 is 0. The van der Waals surface area contributed by atoms with Crippen molar-refractivity contribution >= 4 is 5.97 Å². The predicted molar refractivity (Wildman–Crippen MR) is 73.1 cm³/mol. The van der Waals surface area contributed by atoms with E-state index in [1.165, 1.54) is 7.11 Å². The van der Waals surface area contributed by atoms with Gasteiger partial charge < -0.3 is 19.5 Å². The summed E-state index contributed by atoms with van der Waals surface area (Å²) in [6.07, 6.45) is 3.46. The van der Waals surface area contributed by atoms with Crippen molar-refractivity contribution in [3.63, 3.8) is 0 Å². The second kappa shape index (κ2) is 8.51. The molecule has 112 valence electrons. The van der Waals surface area contributed by atoms with Crippen LogP contribution in [0, 0.1) is 0 Å². The van der Waals surface area contributed by atoms with Crippen LogP contribution < -0.4 is 5.32 Å². The van der Waals surface area contributed by atoms with Gasteiger partial charge in [0.1, 0.15) is 5.54 Å². The molecule has 2 atom stereocenters. The van der Waals surface area contributed by atoms with Gasteiger partial charge in [-0.25, -0.2) is 0 Å². The zero-order valence-corrected chi connectivity index (χ0v) is 12.4. The Morgan fingerprint density at radius 2 is 2.16 bits per heavy atom. The number of hydrogen-bond acceptors (Lipinski definition) is 5. The number of methoxy groups -OCH3 is 1. The average Bonchev–Trinajstić information content (AvgIpc) is 2.85. The van der Waals surface area contributed by atoms with Crippen molar-refractivity contribution in [3.8, 4) is 0 Å². The first-order valence-corrected chi connectivity index (χ1v) is 7.21. The van der Waals surface area contributed by atoms with Gasteiger partial charge in [-0.1, -0.05) is 6.92 Å². The maximum absolute atomic E-state index is 12.0. The molecule has 0 aliphatic heterocycles. The summed E-state index contributed by atoms with van der Waals surface area (Å²) < 4.78 is 16.0.